The number of H-pyrrole nitrogens is 1. The van der Waals surface area contributed by atoms with Crippen molar-refractivity contribution in [3.63, 3.8) is 0 Å². The standard InChI is InChI=1S/C18H14FN5O2/c1-11(13-4-2-3-5-15(13)19)24-10-12(8-21-24)26-18-22-16-9-20-7-6-14(16)17(25)23-18/h2-11H,1H3,(H,22,23,25)/t11-/m0/s1. The van der Waals surface area contributed by atoms with Crippen molar-refractivity contribution in [2.75, 3.05) is 0 Å². The van der Waals surface area contributed by atoms with Crippen LogP contribution in [0.5, 0.6) is 11.8 Å². The van der Waals surface area contributed by atoms with Crippen LogP contribution in [0.1, 0.15) is 18.5 Å². The van der Waals surface area contributed by atoms with E-state index < -0.39 is 0 Å². The van der Waals surface area contributed by atoms with Crippen LogP contribution in [0.15, 0.2) is 59.9 Å². The largest absolute Gasteiger partial charge is 0.422 e. The van der Waals surface area contributed by atoms with Gasteiger partial charge in [-0.3, -0.25) is 19.4 Å². The highest BCUT2D eigenvalue weighted by Crippen LogP contribution is 2.24. The Morgan fingerprint density at radius 3 is 2.92 bits per heavy atom. The van der Waals surface area contributed by atoms with Crippen LogP contribution in [-0.2, 0) is 0 Å². The highest BCUT2D eigenvalue weighted by atomic mass is 19.1. The van der Waals surface area contributed by atoms with Gasteiger partial charge in [0.2, 0.25) is 0 Å². The molecule has 0 amide bonds. The average Bonchev–Trinajstić information content (AvgIpc) is 3.10. The van der Waals surface area contributed by atoms with E-state index in [1.54, 1.807) is 35.1 Å². The minimum absolute atomic E-state index is 0.0357. The normalized spacial score (nSPS) is 12.2. The van der Waals surface area contributed by atoms with Gasteiger partial charge in [-0.2, -0.15) is 10.1 Å². The Hall–Kier alpha value is -3.55. The molecule has 8 heteroatoms. The van der Waals surface area contributed by atoms with Crippen molar-refractivity contribution in [1.82, 2.24) is 24.7 Å². The molecule has 0 bridgehead atoms. The van der Waals surface area contributed by atoms with Crippen LogP contribution in [0.2, 0.25) is 0 Å². The summed E-state index contributed by atoms with van der Waals surface area (Å²) in [5, 5.41) is 4.63. The average molecular weight is 351 g/mol. The fourth-order valence-electron chi connectivity index (χ4n) is 2.67. The van der Waals surface area contributed by atoms with Crippen LogP contribution in [0.25, 0.3) is 10.9 Å². The van der Waals surface area contributed by atoms with Crippen LogP contribution in [0.4, 0.5) is 4.39 Å². The van der Waals surface area contributed by atoms with Crippen molar-refractivity contribution < 1.29 is 9.13 Å². The van der Waals surface area contributed by atoms with Crippen molar-refractivity contribution in [1.29, 1.82) is 0 Å². The molecule has 26 heavy (non-hydrogen) atoms. The lowest BCUT2D eigenvalue weighted by Gasteiger charge is -2.13. The number of pyridine rings is 1. The molecule has 1 atom stereocenters. The van der Waals surface area contributed by atoms with Gasteiger partial charge in [-0.05, 0) is 19.1 Å². The molecule has 0 unspecified atom stereocenters. The highest BCUT2D eigenvalue weighted by molar-refractivity contribution is 5.76. The van der Waals surface area contributed by atoms with Gasteiger partial charge < -0.3 is 4.74 Å². The number of aromatic amines is 1. The summed E-state index contributed by atoms with van der Waals surface area (Å²) in [6.07, 6.45) is 6.10. The van der Waals surface area contributed by atoms with E-state index in [1.165, 1.54) is 24.7 Å². The maximum absolute atomic E-state index is 13.9. The zero-order chi connectivity index (χ0) is 18.1. The summed E-state index contributed by atoms with van der Waals surface area (Å²) in [5.74, 6) is 0.0746. The molecule has 1 N–H and O–H groups in total. The van der Waals surface area contributed by atoms with Crippen LogP contribution < -0.4 is 10.3 Å². The van der Waals surface area contributed by atoms with Crippen molar-refractivity contribution in [2.24, 2.45) is 0 Å². The third kappa shape index (κ3) is 2.92. The van der Waals surface area contributed by atoms with E-state index in [0.717, 1.165) is 0 Å². The van der Waals surface area contributed by atoms with E-state index in [9.17, 15) is 9.18 Å². The molecule has 7 nitrogen and oxygen atoms in total. The fourth-order valence-corrected chi connectivity index (χ4v) is 2.67. The summed E-state index contributed by atoms with van der Waals surface area (Å²) in [6, 6.07) is 7.82. The molecule has 0 fully saturated rings. The lowest BCUT2D eigenvalue weighted by molar-refractivity contribution is 0.440. The third-order valence-electron chi connectivity index (χ3n) is 4.03. The van der Waals surface area contributed by atoms with E-state index in [1.807, 2.05) is 6.92 Å². The van der Waals surface area contributed by atoms with Crippen LogP contribution in [0.3, 0.4) is 0 Å². The van der Waals surface area contributed by atoms with Gasteiger partial charge in [0.15, 0.2) is 5.75 Å². The zero-order valence-corrected chi connectivity index (χ0v) is 13.8. The molecule has 3 aromatic heterocycles. The number of halogens is 1. The van der Waals surface area contributed by atoms with Crippen molar-refractivity contribution in [3.8, 4) is 11.8 Å². The van der Waals surface area contributed by atoms with E-state index >= 15 is 0 Å². The summed E-state index contributed by atoms with van der Waals surface area (Å²) in [7, 11) is 0. The summed E-state index contributed by atoms with van der Waals surface area (Å²) in [6.45, 7) is 1.83. The lowest BCUT2D eigenvalue weighted by atomic mass is 10.1. The minimum Gasteiger partial charge on any atom is -0.422 e. The zero-order valence-electron chi connectivity index (χ0n) is 13.8. The molecule has 0 spiro atoms. The molecular weight excluding hydrogens is 337 g/mol. The molecule has 130 valence electrons. The van der Waals surface area contributed by atoms with E-state index in [4.69, 9.17) is 4.74 Å². The lowest BCUT2D eigenvalue weighted by Crippen LogP contribution is -2.09. The molecule has 0 radical (unpaired) electrons. The number of hydrogen-bond donors (Lipinski definition) is 1. The Bertz CT molecular complexity index is 1140. The first-order valence-electron chi connectivity index (χ1n) is 7.92. The first-order chi connectivity index (χ1) is 12.6. The summed E-state index contributed by atoms with van der Waals surface area (Å²) < 4.78 is 21.1. The maximum atomic E-state index is 13.9. The second-order valence-corrected chi connectivity index (χ2v) is 5.72. The third-order valence-corrected chi connectivity index (χ3v) is 4.03. The molecule has 0 aliphatic carbocycles. The topological polar surface area (TPSA) is 85.7 Å². The maximum Gasteiger partial charge on any atom is 0.302 e. The van der Waals surface area contributed by atoms with Crippen molar-refractivity contribution in [3.05, 3.63) is 76.9 Å². The Morgan fingerprint density at radius 2 is 2.08 bits per heavy atom. The predicted octanol–water partition coefficient (Wildman–Crippen LogP) is 3.06. The SMILES string of the molecule is C[C@@H](c1ccccc1F)n1cc(Oc2nc3cnccc3c(=O)[nH]2)cn1. The highest BCUT2D eigenvalue weighted by Gasteiger charge is 2.14. The second-order valence-electron chi connectivity index (χ2n) is 5.72. The molecule has 4 rings (SSSR count). The first kappa shape index (κ1) is 15.9. The Labute approximate surface area is 147 Å². The number of hydrogen-bond acceptors (Lipinski definition) is 5. The van der Waals surface area contributed by atoms with Gasteiger partial charge >= 0.3 is 6.01 Å². The van der Waals surface area contributed by atoms with Gasteiger partial charge in [0.25, 0.3) is 5.56 Å². The summed E-state index contributed by atoms with van der Waals surface area (Å²) >= 11 is 0. The van der Waals surface area contributed by atoms with Gasteiger partial charge in [-0.25, -0.2) is 4.39 Å². The van der Waals surface area contributed by atoms with Gasteiger partial charge in [0, 0.05) is 11.8 Å². The first-order valence-corrected chi connectivity index (χ1v) is 7.92. The fraction of sp³-hybridized carbons (Fsp3) is 0.111. The molecule has 0 aliphatic rings. The number of benzene rings is 1. The van der Waals surface area contributed by atoms with Gasteiger partial charge in [0.1, 0.15) is 5.82 Å². The molecular formula is C18H14FN5O2. The van der Waals surface area contributed by atoms with Crippen LogP contribution in [-0.4, -0.2) is 24.7 Å². The van der Waals surface area contributed by atoms with E-state index in [-0.39, 0.29) is 23.4 Å². The molecule has 0 saturated carbocycles. The summed E-state index contributed by atoms with van der Waals surface area (Å²) in [5.41, 5.74) is 0.628. The quantitative estimate of drug-likeness (QED) is 0.611. The number of nitrogens with one attached hydrogen (secondary N) is 1. The number of nitrogens with zero attached hydrogens (tertiary/aromatic N) is 4. The Balaban J connectivity index is 1.61. The van der Waals surface area contributed by atoms with Crippen LogP contribution >= 0.6 is 0 Å². The number of ether oxygens (including phenoxy) is 1. The Kier molecular flexibility index (Phi) is 3.92. The molecule has 0 saturated heterocycles. The van der Waals surface area contributed by atoms with Gasteiger partial charge in [-0.1, -0.05) is 18.2 Å². The molecule has 1 aromatic carbocycles. The van der Waals surface area contributed by atoms with Crippen molar-refractivity contribution in [2.45, 2.75) is 13.0 Å². The minimum atomic E-state index is -0.320. The number of aromatic nitrogens is 5. The van der Waals surface area contributed by atoms with Gasteiger partial charge in [-0.15, -0.1) is 0 Å². The van der Waals surface area contributed by atoms with Gasteiger partial charge in [0.05, 0.1) is 35.5 Å². The number of rotatable bonds is 4. The van der Waals surface area contributed by atoms with Crippen LogP contribution in [0, 0.1) is 5.82 Å². The molecule has 4 aromatic rings. The molecule has 0 aliphatic heterocycles. The second kappa shape index (κ2) is 6.40. The smallest absolute Gasteiger partial charge is 0.302 e. The predicted molar refractivity (Wildman–Crippen MR) is 92.7 cm³/mol. The number of fused-ring (bicyclic) bond motifs is 1. The summed E-state index contributed by atoms with van der Waals surface area (Å²) in [4.78, 5) is 22.8. The molecule has 3 heterocycles. The monoisotopic (exact) mass is 351 g/mol. The van der Waals surface area contributed by atoms with E-state index in [2.05, 4.69) is 20.1 Å². The van der Waals surface area contributed by atoms with Crippen molar-refractivity contribution >= 4 is 10.9 Å². The Morgan fingerprint density at radius 1 is 1.23 bits per heavy atom. The van der Waals surface area contributed by atoms with E-state index in [0.29, 0.717) is 22.2 Å².